The molecule has 0 aromatic heterocycles. The molecule has 0 saturated carbocycles. The highest BCUT2D eigenvalue weighted by molar-refractivity contribution is 5.94. The lowest BCUT2D eigenvalue weighted by molar-refractivity contribution is -0.134. The summed E-state index contributed by atoms with van der Waals surface area (Å²) in [6.45, 7) is 5.46. The Balaban J connectivity index is 1.97. The van der Waals surface area contributed by atoms with E-state index in [2.05, 4.69) is 0 Å². The largest absolute Gasteiger partial charge is 0.484 e. The molecule has 0 spiro atoms. The van der Waals surface area contributed by atoms with Gasteiger partial charge in [0.25, 0.3) is 5.91 Å². The zero-order valence-electron chi connectivity index (χ0n) is 14.6. The van der Waals surface area contributed by atoms with Crippen LogP contribution in [0.15, 0.2) is 48.5 Å². The summed E-state index contributed by atoms with van der Waals surface area (Å²) in [5.74, 6) is 0.376. The van der Waals surface area contributed by atoms with E-state index in [0.29, 0.717) is 11.3 Å². The average Bonchev–Trinajstić information content (AvgIpc) is 2.59. The molecule has 2 aromatic rings. The quantitative estimate of drug-likeness (QED) is 0.759. The molecule has 0 radical (unpaired) electrons. The third kappa shape index (κ3) is 4.44. The zero-order valence-corrected chi connectivity index (χ0v) is 14.6. The standard InChI is InChI=1S/C20H23NO3/c1-14-8-10-17(11-9-14)15(2)21(4)20(23)13-24-19-7-5-6-18(12-19)16(3)22/h5-12,15H,13H2,1-4H3. The number of ether oxygens (including phenoxy) is 1. The van der Waals surface area contributed by atoms with Crippen molar-refractivity contribution in [3.05, 3.63) is 65.2 Å². The van der Waals surface area contributed by atoms with Gasteiger partial charge in [0.15, 0.2) is 12.4 Å². The molecule has 4 heteroatoms. The van der Waals surface area contributed by atoms with Crippen LogP contribution >= 0.6 is 0 Å². The van der Waals surface area contributed by atoms with Crippen molar-refractivity contribution in [3.8, 4) is 5.75 Å². The van der Waals surface area contributed by atoms with Crippen LogP contribution < -0.4 is 4.74 Å². The van der Waals surface area contributed by atoms with E-state index in [4.69, 9.17) is 4.74 Å². The van der Waals surface area contributed by atoms with Gasteiger partial charge in [0.1, 0.15) is 5.75 Å². The number of carbonyl (C=O) groups is 2. The number of nitrogens with zero attached hydrogens (tertiary/aromatic N) is 1. The molecule has 0 heterocycles. The monoisotopic (exact) mass is 325 g/mol. The Kier molecular flexibility index (Phi) is 5.74. The van der Waals surface area contributed by atoms with Crippen LogP contribution in [-0.4, -0.2) is 30.2 Å². The van der Waals surface area contributed by atoms with Gasteiger partial charge in [-0.05, 0) is 38.5 Å². The maximum atomic E-state index is 12.4. The van der Waals surface area contributed by atoms with Gasteiger partial charge in [-0.25, -0.2) is 0 Å². The maximum Gasteiger partial charge on any atom is 0.260 e. The van der Waals surface area contributed by atoms with Gasteiger partial charge in [0.05, 0.1) is 6.04 Å². The number of Topliss-reactive ketones (excluding diaryl/α,β-unsaturated/α-hetero) is 1. The number of rotatable bonds is 6. The van der Waals surface area contributed by atoms with E-state index in [1.807, 2.05) is 38.1 Å². The third-order valence-electron chi connectivity index (χ3n) is 4.14. The normalized spacial score (nSPS) is 11.7. The highest BCUT2D eigenvalue weighted by atomic mass is 16.5. The topological polar surface area (TPSA) is 46.6 Å². The Morgan fingerprint density at radius 3 is 2.42 bits per heavy atom. The smallest absolute Gasteiger partial charge is 0.260 e. The molecule has 2 aromatic carbocycles. The van der Waals surface area contributed by atoms with Crippen LogP contribution in [0.5, 0.6) is 5.75 Å². The predicted octanol–water partition coefficient (Wildman–Crippen LogP) is 3.80. The second kappa shape index (κ2) is 7.77. The molecule has 4 nitrogen and oxygen atoms in total. The molecular weight excluding hydrogens is 302 g/mol. The molecule has 0 aliphatic heterocycles. The van der Waals surface area contributed by atoms with Crippen LogP contribution in [0.25, 0.3) is 0 Å². The average molecular weight is 325 g/mol. The highest BCUT2D eigenvalue weighted by Gasteiger charge is 2.18. The second-order valence-corrected chi connectivity index (χ2v) is 5.96. The van der Waals surface area contributed by atoms with Gasteiger partial charge in [-0.3, -0.25) is 9.59 Å². The summed E-state index contributed by atoms with van der Waals surface area (Å²) >= 11 is 0. The van der Waals surface area contributed by atoms with E-state index in [-0.39, 0.29) is 24.3 Å². The summed E-state index contributed by atoms with van der Waals surface area (Å²) < 4.78 is 5.54. The predicted molar refractivity (Wildman–Crippen MR) is 94.3 cm³/mol. The Hall–Kier alpha value is -2.62. The number of ketones is 1. The number of benzene rings is 2. The van der Waals surface area contributed by atoms with Crippen molar-refractivity contribution in [3.63, 3.8) is 0 Å². The first-order chi connectivity index (χ1) is 11.4. The Labute approximate surface area is 143 Å². The molecule has 0 saturated heterocycles. The lowest BCUT2D eigenvalue weighted by Crippen LogP contribution is -2.33. The van der Waals surface area contributed by atoms with Crippen LogP contribution in [-0.2, 0) is 4.79 Å². The van der Waals surface area contributed by atoms with Gasteiger partial charge < -0.3 is 9.64 Å². The molecule has 126 valence electrons. The van der Waals surface area contributed by atoms with Gasteiger partial charge in [-0.1, -0.05) is 42.0 Å². The zero-order chi connectivity index (χ0) is 17.7. The highest BCUT2D eigenvalue weighted by Crippen LogP contribution is 2.20. The number of aryl methyl sites for hydroxylation is 1. The van der Waals surface area contributed by atoms with Crippen molar-refractivity contribution in [2.75, 3.05) is 13.7 Å². The number of hydrogen-bond acceptors (Lipinski definition) is 3. The summed E-state index contributed by atoms with van der Waals surface area (Å²) in [5.41, 5.74) is 2.84. The van der Waals surface area contributed by atoms with Crippen molar-refractivity contribution in [2.24, 2.45) is 0 Å². The van der Waals surface area contributed by atoms with Crippen LogP contribution in [0.4, 0.5) is 0 Å². The van der Waals surface area contributed by atoms with Crippen molar-refractivity contribution in [1.29, 1.82) is 0 Å². The lowest BCUT2D eigenvalue weighted by atomic mass is 10.1. The SMILES string of the molecule is CC(=O)c1cccc(OCC(=O)N(C)C(C)c2ccc(C)cc2)c1. The summed E-state index contributed by atoms with van der Waals surface area (Å²) in [6, 6.07) is 15.0. The van der Waals surface area contributed by atoms with E-state index in [1.54, 1.807) is 36.2 Å². The summed E-state index contributed by atoms with van der Waals surface area (Å²) in [6.07, 6.45) is 0. The summed E-state index contributed by atoms with van der Waals surface area (Å²) in [5, 5.41) is 0. The Bertz CT molecular complexity index is 722. The van der Waals surface area contributed by atoms with E-state index in [0.717, 1.165) is 5.56 Å². The molecule has 1 unspecified atom stereocenters. The fourth-order valence-electron chi connectivity index (χ4n) is 2.34. The molecular formula is C20H23NO3. The fourth-order valence-corrected chi connectivity index (χ4v) is 2.34. The van der Waals surface area contributed by atoms with E-state index in [9.17, 15) is 9.59 Å². The van der Waals surface area contributed by atoms with Crippen molar-refractivity contribution in [1.82, 2.24) is 4.90 Å². The second-order valence-electron chi connectivity index (χ2n) is 5.96. The van der Waals surface area contributed by atoms with Gasteiger partial charge in [0.2, 0.25) is 0 Å². The maximum absolute atomic E-state index is 12.4. The fraction of sp³-hybridized carbons (Fsp3) is 0.300. The van der Waals surface area contributed by atoms with E-state index < -0.39 is 0 Å². The number of likely N-dealkylation sites (N-methyl/N-ethyl adjacent to an activating group) is 1. The van der Waals surface area contributed by atoms with Gasteiger partial charge in [-0.15, -0.1) is 0 Å². The molecule has 0 aliphatic carbocycles. The van der Waals surface area contributed by atoms with Crippen molar-refractivity contribution >= 4 is 11.7 Å². The number of hydrogen-bond donors (Lipinski definition) is 0. The molecule has 0 aliphatic rings. The first-order valence-electron chi connectivity index (χ1n) is 7.94. The van der Waals surface area contributed by atoms with Gasteiger partial charge in [-0.2, -0.15) is 0 Å². The minimum atomic E-state index is -0.115. The summed E-state index contributed by atoms with van der Waals surface area (Å²) in [4.78, 5) is 25.4. The minimum absolute atomic E-state index is 0.0307. The van der Waals surface area contributed by atoms with Crippen LogP contribution in [0, 0.1) is 6.92 Å². The first kappa shape index (κ1) is 17.7. The number of carbonyl (C=O) groups excluding carboxylic acids is 2. The Morgan fingerprint density at radius 1 is 1.12 bits per heavy atom. The molecule has 0 bridgehead atoms. The molecule has 0 N–H and O–H groups in total. The van der Waals surface area contributed by atoms with Crippen LogP contribution in [0.3, 0.4) is 0 Å². The molecule has 24 heavy (non-hydrogen) atoms. The molecule has 1 atom stereocenters. The molecule has 0 fully saturated rings. The number of amides is 1. The molecule has 2 rings (SSSR count). The van der Waals surface area contributed by atoms with E-state index >= 15 is 0 Å². The van der Waals surface area contributed by atoms with Crippen molar-refractivity contribution in [2.45, 2.75) is 26.8 Å². The van der Waals surface area contributed by atoms with Crippen LogP contribution in [0.2, 0.25) is 0 Å². The Morgan fingerprint density at radius 2 is 1.79 bits per heavy atom. The van der Waals surface area contributed by atoms with E-state index in [1.165, 1.54) is 12.5 Å². The lowest BCUT2D eigenvalue weighted by Gasteiger charge is -2.25. The summed E-state index contributed by atoms with van der Waals surface area (Å²) in [7, 11) is 1.77. The van der Waals surface area contributed by atoms with Crippen molar-refractivity contribution < 1.29 is 14.3 Å². The third-order valence-corrected chi connectivity index (χ3v) is 4.14. The van der Waals surface area contributed by atoms with Gasteiger partial charge in [0, 0.05) is 12.6 Å². The van der Waals surface area contributed by atoms with Gasteiger partial charge >= 0.3 is 0 Å². The van der Waals surface area contributed by atoms with Crippen LogP contribution in [0.1, 0.15) is 41.4 Å². The first-order valence-corrected chi connectivity index (χ1v) is 7.94. The molecule has 1 amide bonds. The minimum Gasteiger partial charge on any atom is -0.484 e.